The van der Waals surface area contributed by atoms with Gasteiger partial charge in [-0.3, -0.25) is 4.79 Å². The number of piperidine rings is 1. The molecule has 2 aliphatic heterocycles. The fourth-order valence-electron chi connectivity index (χ4n) is 3.26. The fraction of sp³-hybridized carbons (Fsp3) is 0.938. The molecule has 0 aromatic heterocycles. The Hall–Kier alpha value is -0.610. The van der Waals surface area contributed by atoms with Crippen molar-refractivity contribution in [3.63, 3.8) is 0 Å². The molecule has 2 rings (SSSR count). The Bertz CT molecular complexity index is 305. The van der Waals surface area contributed by atoms with Crippen LogP contribution in [0, 0.1) is 11.8 Å². The summed E-state index contributed by atoms with van der Waals surface area (Å²) >= 11 is 0. The van der Waals surface area contributed by atoms with Crippen molar-refractivity contribution in [3.8, 4) is 0 Å². The van der Waals surface area contributed by atoms with Gasteiger partial charge in [0.05, 0.1) is 0 Å². The van der Waals surface area contributed by atoms with Gasteiger partial charge in [0.15, 0.2) is 0 Å². The van der Waals surface area contributed by atoms with Gasteiger partial charge >= 0.3 is 0 Å². The molecule has 2 N–H and O–H groups in total. The van der Waals surface area contributed by atoms with Crippen LogP contribution in [0.5, 0.6) is 0 Å². The van der Waals surface area contributed by atoms with E-state index in [1.165, 1.54) is 45.3 Å². The van der Waals surface area contributed by atoms with E-state index in [0.717, 1.165) is 19.0 Å². The smallest absolute Gasteiger partial charge is 0.224 e. The van der Waals surface area contributed by atoms with E-state index in [4.69, 9.17) is 5.73 Å². The van der Waals surface area contributed by atoms with Gasteiger partial charge in [-0.15, -0.1) is 0 Å². The first-order valence-electron chi connectivity index (χ1n) is 8.32. The van der Waals surface area contributed by atoms with Crippen molar-refractivity contribution < 1.29 is 4.79 Å². The predicted octanol–water partition coefficient (Wildman–Crippen LogP) is 1.69. The topological polar surface area (TPSA) is 49.6 Å². The van der Waals surface area contributed by atoms with E-state index in [-0.39, 0.29) is 11.9 Å². The summed E-state index contributed by atoms with van der Waals surface area (Å²) < 4.78 is 0. The standard InChI is InChI=1S/C16H31N3O/c1-13(2)15(17)11-16(20)19-9-5-14(6-10-19)12-18-7-3-4-8-18/h13-15H,3-12,17H2,1-2H3. The molecule has 0 radical (unpaired) electrons. The summed E-state index contributed by atoms with van der Waals surface area (Å²) in [5, 5.41) is 0. The van der Waals surface area contributed by atoms with Crippen molar-refractivity contribution in [1.82, 2.24) is 9.80 Å². The van der Waals surface area contributed by atoms with E-state index < -0.39 is 0 Å². The molecule has 0 saturated carbocycles. The molecule has 2 fully saturated rings. The first-order valence-corrected chi connectivity index (χ1v) is 8.32. The Kier molecular flexibility index (Phi) is 5.85. The maximum atomic E-state index is 12.2. The highest BCUT2D eigenvalue weighted by Crippen LogP contribution is 2.21. The number of hydrogen-bond acceptors (Lipinski definition) is 3. The molecule has 2 aliphatic rings. The molecule has 20 heavy (non-hydrogen) atoms. The highest BCUT2D eigenvalue weighted by atomic mass is 16.2. The average molecular weight is 281 g/mol. The molecule has 1 atom stereocenters. The lowest BCUT2D eigenvalue weighted by atomic mass is 9.95. The lowest BCUT2D eigenvalue weighted by Crippen LogP contribution is -2.43. The van der Waals surface area contributed by atoms with Crippen LogP contribution in [0.2, 0.25) is 0 Å². The van der Waals surface area contributed by atoms with Crippen LogP contribution in [0.25, 0.3) is 0 Å². The zero-order valence-corrected chi connectivity index (χ0v) is 13.2. The first-order chi connectivity index (χ1) is 9.56. The molecule has 4 heteroatoms. The van der Waals surface area contributed by atoms with E-state index in [0.29, 0.717) is 12.3 Å². The Morgan fingerprint density at radius 2 is 1.75 bits per heavy atom. The Morgan fingerprint density at radius 1 is 1.15 bits per heavy atom. The zero-order chi connectivity index (χ0) is 14.5. The van der Waals surface area contributed by atoms with E-state index >= 15 is 0 Å². The monoisotopic (exact) mass is 281 g/mol. The highest BCUT2D eigenvalue weighted by Gasteiger charge is 2.26. The van der Waals surface area contributed by atoms with Crippen LogP contribution in [0.4, 0.5) is 0 Å². The van der Waals surface area contributed by atoms with Gasteiger partial charge in [0.2, 0.25) is 5.91 Å². The van der Waals surface area contributed by atoms with Crippen molar-refractivity contribution in [2.45, 2.75) is 52.0 Å². The molecule has 1 amide bonds. The van der Waals surface area contributed by atoms with Crippen LogP contribution in [-0.4, -0.2) is 54.5 Å². The molecule has 4 nitrogen and oxygen atoms in total. The zero-order valence-electron chi connectivity index (χ0n) is 13.2. The molecule has 0 bridgehead atoms. The first kappa shape index (κ1) is 15.8. The molecule has 0 aromatic rings. The summed E-state index contributed by atoms with van der Waals surface area (Å²) in [7, 11) is 0. The minimum Gasteiger partial charge on any atom is -0.343 e. The number of nitrogens with zero attached hydrogens (tertiary/aromatic N) is 2. The SMILES string of the molecule is CC(C)C(N)CC(=O)N1CCC(CN2CCCC2)CC1. The van der Waals surface area contributed by atoms with Crippen LogP contribution >= 0.6 is 0 Å². The maximum absolute atomic E-state index is 12.2. The normalized spacial score (nSPS) is 23.5. The summed E-state index contributed by atoms with van der Waals surface area (Å²) in [5.41, 5.74) is 6.01. The van der Waals surface area contributed by atoms with Gasteiger partial charge in [-0.25, -0.2) is 0 Å². The molecule has 116 valence electrons. The highest BCUT2D eigenvalue weighted by molar-refractivity contribution is 5.76. The number of amides is 1. The summed E-state index contributed by atoms with van der Waals surface area (Å²) in [6.45, 7) is 9.84. The van der Waals surface area contributed by atoms with E-state index in [1.807, 2.05) is 4.90 Å². The van der Waals surface area contributed by atoms with Gasteiger partial charge in [0, 0.05) is 32.1 Å². The minimum absolute atomic E-state index is 0.00447. The summed E-state index contributed by atoms with van der Waals surface area (Å²) in [6, 6.07) is 0.00447. The van der Waals surface area contributed by atoms with Gasteiger partial charge in [-0.1, -0.05) is 13.8 Å². The number of likely N-dealkylation sites (tertiary alicyclic amines) is 2. The summed E-state index contributed by atoms with van der Waals surface area (Å²) in [6.07, 6.45) is 5.57. The molecular formula is C16H31N3O. The van der Waals surface area contributed by atoms with Gasteiger partial charge in [-0.05, 0) is 50.6 Å². The van der Waals surface area contributed by atoms with Crippen molar-refractivity contribution in [1.29, 1.82) is 0 Å². The second-order valence-corrected chi connectivity index (χ2v) is 6.94. The lowest BCUT2D eigenvalue weighted by Gasteiger charge is -2.34. The van der Waals surface area contributed by atoms with Crippen LogP contribution in [-0.2, 0) is 4.79 Å². The molecule has 0 aromatic carbocycles. The Labute approximate surface area is 123 Å². The van der Waals surface area contributed by atoms with Crippen LogP contribution < -0.4 is 5.73 Å². The Balaban J connectivity index is 1.69. The molecule has 0 spiro atoms. The van der Waals surface area contributed by atoms with Crippen LogP contribution in [0.3, 0.4) is 0 Å². The van der Waals surface area contributed by atoms with Gasteiger partial charge in [0.1, 0.15) is 0 Å². The quantitative estimate of drug-likeness (QED) is 0.834. The van der Waals surface area contributed by atoms with E-state index in [2.05, 4.69) is 18.7 Å². The maximum Gasteiger partial charge on any atom is 0.224 e. The van der Waals surface area contributed by atoms with E-state index in [1.54, 1.807) is 0 Å². The van der Waals surface area contributed by atoms with Crippen LogP contribution in [0.15, 0.2) is 0 Å². The van der Waals surface area contributed by atoms with Gasteiger partial charge in [0.25, 0.3) is 0 Å². The largest absolute Gasteiger partial charge is 0.343 e. The van der Waals surface area contributed by atoms with Crippen molar-refractivity contribution >= 4 is 5.91 Å². The van der Waals surface area contributed by atoms with Gasteiger partial charge in [-0.2, -0.15) is 0 Å². The second kappa shape index (κ2) is 7.41. The number of rotatable bonds is 5. The summed E-state index contributed by atoms with van der Waals surface area (Å²) in [4.78, 5) is 16.8. The van der Waals surface area contributed by atoms with Gasteiger partial charge < -0.3 is 15.5 Å². The third-order valence-electron chi connectivity index (χ3n) is 4.95. The molecule has 2 saturated heterocycles. The number of carbonyl (C=O) groups is 1. The van der Waals surface area contributed by atoms with Crippen LogP contribution in [0.1, 0.15) is 46.0 Å². The molecule has 0 aliphatic carbocycles. The van der Waals surface area contributed by atoms with Crippen molar-refractivity contribution in [2.24, 2.45) is 17.6 Å². The molecule has 1 unspecified atom stereocenters. The number of carbonyl (C=O) groups excluding carboxylic acids is 1. The Morgan fingerprint density at radius 3 is 2.30 bits per heavy atom. The predicted molar refractivity (Wildman–Crippen MR) is 82.4 cm³/mol. The summed E-state index contributed by atoms with van der Waals surface area (Å²) in [5.74, 6) is 1.42. The van der Waals surface area contributed by atoms with Crippen molar-refractivity contribution in [2.75, 3.05) is 32.7 Å². The molecular weight excluding hydrogens is 250 g/mol. The van der Waals surface area contributed by atoms with Crippen molar-refractivity contribution in [3.05, 3.63) is 0 Å². The molecule has 2 heterocycles. The fourth-order valence-corrected chi connectivity index (χ4v) is 3.26. The minimum atomic E-state index is 0.00447. The number of nitrogens with two attached hydrogens (primary N) is 1. The third-order valence-corrected chi connectivity index (χ3v) is 4.95. The third kappa shape index (κ3) is 4.45. The van der Waals surface area contributed by atoms with E-state index in [9.17, 15) is 4.79 Å². The lowest BCUT2D eigenvalue weighted by molar-refractivity contribution is -0.133. The average Bonchev–Trinajstić information content (AvgIpc) is 2.92. The number of hydrogen-bond donors (Lipinski definition) is 1. The second-order valence-electron chi connectivity index (χ2n) is 6.94.